The van der Waals surface area contributed by atoms with Gasteiger partial charge in [-0.3, -0.25) is 4.68 Å². The molecule has 6 nitrogen and oxygen atoms in total. The van der Waals surface area contributed by atoms with Crippen molar-refractivity contribution in [2.75, 3.05) is 13.9 Å². The first-order valence-electron chi connectivity index (χ1n) is 6.94. The number of fused-ring (bicyclic) bond motifs is 2. The SMILES string of the molecule is COc1cc(-c2cc(C)c3cn(C)nc3n2)cc2c1OCO2. The molecule has 0 bridgehead atoms. The second-order valence-electron chi connectivity index (χ2n) is 5.28. The van der Waals surface area contributed by atoms with Gasteiger partial charge in [0.25, 0.3) is 0 Å². The van der Waals surface area contributed by atoms with E-state index in [1.54, 1.807) is 11.8 Å². The van der Waals surface area contributed by atoms with Gasteiger partial charge in [-0.15, -0.1) is 0 Å². The van der Waals surface area contributed by atoms with Gasteiger partial charge in [-0.05, 0) is 30.7 Å². The van der Waals surface area contributed by atoms with E-state index >= 15 is 0 Å². The van der Waals surface area contributed by atoms with Gasteiger partial charge in [0, 0.05) is 24.2 Å². The van der Waals surface area contributed by atoms with Crippen molar-refractivity contribution in [3.05, 3.63) is 30.0 Å². The van der Waals surface area contributed by atoms with Crippen LogP contribution in [-0.4, -0.2) is 28.7 Å². The lowest BCUT2D eigenvalue weighted by Gasteiger charge is -2.08. The molecule has 0 saturated heterocycles. The first-order valence-corrected chi connectivity index (χ1v) is 6.94. The summed E-state index contributed by atoms with van der Waals surface area (Å²) in [6.07, 6.45) is 1.97. The van der Waals surface area contributed by atoms with Gasteiger partial charge in [-0.2, -0.15) is 5.10 Å². The quantitative estimate of drug-likeness (QED) is 0.728. The van der Waals surface area contributed by atoms with Crippen LogP contribution in [0.4, 0.5) is 0 Å². The first kappa shape index (κ1) is 12.9. The summed E-state index contributed by atoms with van der Waals surface area (Å²) < 4.78 is 18.1. The predicted molar refractivity (Wildman–Crippen MR) is 81.4 cm³/mol. The summed E-state index contributed by atoms with van der Waals surface area (Å²) in [6, 6.07) is 5.87. The Morgan fingerprint density at radius 2 is 2.09 bits per heavy atom. The van der Waals surface area contributed by atoms with E-state index in [1.165, 1.54) is 0 Å². The summed E-state index contributed by atoms with van der Waals surface area (Å²) in [5.41, 5.74) is 3.61. The molecule has 0 spiro atoms. The Hall–Kier alpha value is -2.76. The van der Waals surface area contributed by atoms with Crippen molar-refractivity contribution in [3.63, 3.8) is 0 Å². The molecule has 0 saturated carbocycles. The molecule has 0 amide bonds. The number of methoxy groups -OCH3 is 1. The van der Waals surface area contributed by atoms with Crippen LogP contribution >= 0.6 is 0 Å². The minimum Gasteiger partial charge on any atom is -0.493 e. The van der Waals surface area contributed by atoms with Crippen molar-refractivity contribution in [1.29, 1.82) is 0 Å². The van der Waals surface area contributed by atoms with Crippen molar-refractivity contribution in [3.8, 4) is 28.5 Å². The second kappa shape index (κ2) is 4.62. The maximum Gasteiger partial charge on any atom is 0.231 e. The smallest absolute Gasteiger partial charge is 0.231 e. The van der Waals surface area contributed by atoms with Crippen molar-refractivity contribution >= 4 is 11.0 Å². The second-order valence-corrected chi connectivity index (χ2v) is 5.28. The van der Waals surface area contributed by atoms with Crippen molar-refractivity contribution in [2.45, 2.75) is 6.92 Å². The van der Waals surface area contributed by atoms with E-state index in [4.69, 9.17) is 14.2 Å². The van der Waals surface area contributed by atoms with Crippen LogP contribution in [0.5, 0.6) is 17.2 Å². The van der Waals surface area contributed by atoms with Crippen molar-refractivity contribution in [2.24, 2.45) is 7.05 Å². The molecule has 0 atom stereocenters. The van der Waals surface area contributed by atoms with Crippen LogP contribution in [-0.2, 0) is 7.05 Å². The van der Waals surface area contributed by atoms with Crippen molar-refractivity contribution < 1.29 is 14.2 Å². The molecule has 0 unspecified atom stereocenters. The summed E-state index contributed by atoms with van der Waals surface area (Å²) >= 11 is 0. The summed E-state index contributed by atoms with van der Waals surface area (Å²) in [5.74, 6) is 1.96. The zero-order valence-electron chi connectivity index (χ0n) is 12.6. The number of rotatable bonds is 2. The molecule has 0 radical (unpaired) electrons. The lowest BCUT2D eigenvalue weighted by molar-refractivity contribution is 0.171. The van der Waals surface area contributed by atoms with Crippen LogP contribution in [0.25, 0.3) is 22.3 Å². The summed E-state index contributed by atoms with van der Waals surface area (Å²) in [5, 5.41) is 5.45. The minimum absolute atomic E-state index is 0.209. The number of benzene rings is 1. The highest BCUT2D eigenvalue weighted by molar-refractivity contribution is 5.82. The van der Waals surface area contributed by atoms with Crippen LogP contribution in [0.2, 0.25) is 0 Å². The lowest BCUT2D eigenvalue weighted by atomic mass is 10.1. The fourth-order valence-electron chi connectivity index (χ4n) is 2.69. The average Bonchev–Trinajstić information content (AvgIpc) is 3.11. The number of nitrogens with zero attached hydrogens (tertiary/aromatic N) is 3. The van der Waals surface area contributed by atoms with E-state index in [0.717, 1.165) is 27.9 Å². The maximum atomic E-state index is 5.48. The highest BCUT2D eigenvalue weighted by Crippen LogP contribution is 2.44. The van der Waals surface area contributed by atoms with Crippen LogP contribution < -0.4 is 14.2 Å². The number of aryl methyl sites for hydroxylation is 2. The maximum absolute atomic E-state index is 5.48. The van der Waals surface area contributed by atoms with Gasteiger partial charge in [0.1, 0.15) is 0 Å². The number of pyridine rings is 1. The molecule has 0 N–H and O–H groups in total. The molecule has 22 heavy (non-hydrogen) atoms. The zero-order chi connectivity index (χ0) is 15.3. The molecule has 0 fully saturated rings. The fourth-order valence-corrected chi connectivity index (χ4v) is 2.69. The predicted octanol–water partition coefficient (Wildman–Crippen LogP) is 2.68. The normalized spacial score (nSPS) is 12.9. The number of ether oxygens (including phenoxy) is 3. The highest BCUT2D eigenvalue weighted by Gasteiger charge is 2.21. The summed E-state index contributed by atoms with van der Waals surface area (Å²) in [7, 11) is 3.51. The number of aromatic nitrogens is 3. The van der Waals surface area contributed by atoms with E-state index in [-0.39, 0.29) is 6.79 Å². The summed E-state index contributed by atoms with van der Waals surface area (Å²) in [6.45, 7) is 2.26. The third kappa shape index (κ3) is 1.88. The van der Waals surface area contributed by atoms with E-state index in [9.17, 15) is 0 Å². The molecule has 3 aromatic rings. The van der Waals surface area contributed by atoms with Gasteiger partial charge in [0.2, 0.25) is 12.5 Å². The van der Waals surface area contributed by atoms with Gasteiger partial charge >= 0.3 is 0 Å². The Morgan fingerprint density at radius 1 is 1.23 bits per heavy atom. The van der Waals surface area contributed by atoms with E-state index in [1.807, 2.05) is 31.4 Å². The van der Waals surface area contributed by atoms with Gasteiger partial charge in [0.15, 0.2) is 17.1 Å². The van der Waals surface area contributed by atoms with Gasteiger partial charge in [0.05, 0.1) is 12.8 Å². The molecule has 6 heteroatoms. The number of hydrogen-bond donors (Lipinski definition) is 0. The van der Waals surface area contributed by atoms with E-state index in [0.29, 0.717) is 17.2 Å². The third-order valence-electron chi connectivity index (χ3n) is 3.77. The Balaban J connectivity index is 1.91. The molecule has 1 aliphatic rings. The van der Waals surface area contributed by atoms with Gasteiger partial charge in [-0.1, -0.05) is 0 Å². The molecule has 3 heterocycles. The molecular weight excluding hydrogens is 282 g/mol. The molecule has 112 valence electrons. The zero-order valence-corrected chi connectivity index (χ0v) is 12.6. The Morgan fingerprint density at radius 3 is 2.91 bits per heavy atom. The first-order chi connectivity index (χ1) is 10.7. The minimum atomic E-state index is 0.209. The van der Waals surface area contributed by atoms with Gasteiger partial charge < -0.3 is 14.2 Å². The monoisotopic (exact) mass is 297 g/mol. The molecule has 1 aromatic carbocycles. The van der Waals surface area contributed by atoms with Crippen molar-refractivity contribution in [1.82, 2.24) is 14.8 Å². The Kier molecular flexibility index (Phi) is 2.72. The lowest BCUT2D eigenvalue weighted by Crippen LogP contribution is -1.93. The molecule has 4 rings (SSSR count). The fraction of sp³-hybridized carbons (Fsp3) is 0.250. The standard InChI is InChI=1S/C16H15N3O3/c1-9-4-12(17-16-11(9)7-19(2)18-16)10-5-13(20-3)15-14(6-10)21-8-22-15/h4-7H,8H2,1-3H3. The number of hydrogen-bond acceptors (Lipinski definition) is 5. The molecule has 1 aliphatic heterocycles. The Labute approximate surface area is 127 Å². The Bertz CT molecular complexity index is 886. The van der Waals surface area contributed by atoms with Crippen LogP contribution in [0.15, 0.2) is 24.4 Å². The third-order valence-corrected chi connectivity index (χ3v) is 3.77. The van der Waals surface area contributed by atoms with Crippen LogP contribution in [0.1, 0.15) is 5.56 Å². The van der Waals surface area contributed by atoms with Gasteiger partial charge in [-0.25, -0.2) is 4.98 Å². The summed E-state index contributed by atoms with van der Waals surface area (Å²) in [4.78, 5) is 4.64. The van der Waals surface area contributed by atoms with Crippen LogP contribution in [0, 0.1) is 6.92 Å². The van der Waals surface area contributed by atoms with E-state index < -0.39 is 0 Å². The van der Waals surface area contributed by atoms with Crippen LogP contribution in [0.3, 0.4) is 0 Å². The highest BCUT2D eigenvalue weighted by atomic mass is 16.7. The molecule has 0 aliphatic carbocycles. The topological polar surface area (TPSA) is 58.4 Å². The average molecular weight is 297 g/mol. The molecule has 2 aromatic heterocycles. The molecular formula is C16H15N3O3. The van der Waals surface area contributed by atoms with E-state index in [2.05, 4.69) is 17.0 Å². The largest absolute Gasteiger partial charge is 0.493 e.